The van der Waals surface area contributed by atoms with Gasteiger partial charge in [-0.3, -0.25) is 9.89 Å². The second-order valence-corrected chi connectivity index (χ2v) is 8.78. The van der Waals surface area contributed by atoms with Crippen LogP contribution in [-0.4, -0.2) is 83.3 Å². The monoisotopic (exact) mass is 348 g/mol. The number of nitrogens with zero attached hydrogens (tertiary/aromatic N) is 2. The molecular formula is C15H32N4O3S. The van der Waals surface area contributed by atoms with Crippen molar-refractivity contribution in [3.8, 4) is 0 Å². The zero-order chi connectivity index (χ0) is 17.5. The van der Waals surface area contributed by atoms with Crippen LogP contribution in [0.1, 0.15) is 20.8 Å². The molecule has 0 saturated carbocycles. The predicted octanol–water partition coefficient (Wildman–Crippen LogP) is -0.0587. The average molecular weight is 349 g/mol. The van der Waals surface area contributed by atoms with Crippen LogP contribution in [0.2, 0.25) is 0 Å². The van der Waals surface area contributed by atoms with Gasteiger partial charge in [0.1, 0.15) is 9.84 Å². The third-order valence-electron chi connectivity index (χ3n) is 4.05. The number of rotatable bonds is 8. The van der Waals surface area contributed by atoms with E-state index in [-0.39, 0.29) is 12.4 Å². The molecule has 7 nitrogen and oxygen atoms in total. The third kappa shape index (κ3) is 7.99. The molecule has 2 unspecified atom stereocenters. The highest BCUT2D eigenvalue weighted by Crippen LogP contribution is 2.18. The van der Waals surface area contributed by atoms with Gasteiger partial charge in [0.25, 0.3) is 0 Å². The Hall–Kier alpha value is -0.860. The molecule has 0 aromatic carbocycles. The van der Waals surface area contributed by atoms with E-state index in [9.17, 15) is 8.42 Å². The molecule has 8 heteroatoms. The van der Waals surface area contributed by atoms with Crippen LogP contribution < -0.4 is 10.6 Å². The van der Waals surface area contributed by atoms with Crippen LogP contribution in [0, 0.1) is 5.92 Å². The number of aliphatic imine (C=N–C) groups is 1. The minimum absolute atomic E-state index is 0.0601. The molecule has 23 heavy (non-hydrogen) atoms. The van der Waals surface area contributed by atoms with Crippen LogP contribution in [-0.2, 0) is 14.6 Å². The molecular weight excluding hydrogens is 316 g/mol. The Balaban J connectivity index is 2.25. The van der Waals surface area contributed by atoms with Crippen molar-refractivity contribution in [3.05, 3.63) is 0 Å². The first-order valence-corrected chi connectivity index (χ1v) is 10.3. The number of hydrogen-bond acceptors (Lipinski definition) is 5. The SMILES string of the molecule is CN=C(NCCOCCS(C)(=O)=O)NC1CN(C(C)C)CC1C. The van der Waals surface area contributed by atoms with E-state index >= 15 is 0 Å². The number of sulfone groups is 1. The van der Waals surface area contributed by atoms with Crippen molar-refractivity contribution in [1.82, 2.24) is 15.5 Å². The second-order valence-electron chi connectivity index (χ2n) is 6.52. The maximum Gasteiger partial charge on any atom is 0.191 e. The van der Waals surface area contributed by atoms with E-state index in [1.54, 1.807) is 7.05 Å². The molecule has 0 aromatic rings. The smallest absolute Gasteiger partial charge is 0.191 e. The first kappa shape index (κ1) is 20.2. The first-order chi connectivity index (χ1) is 10.7. The lowest BCUT2D eigenvalue weighted by atomic mass is 10.1. The highest BCUT2D eigenvalue weighted by atomic mass is 32.2. The van der Waals surface area contributed by atoms with Crippen molar-refractivity contribution < 1.29 is 13.2 Å². The van der Waals surface area contributed by atoms with Crippen molar-refractivity contribution in [2.75, 3.05) is 51.9 Å². The number of hydrogen-bond donors (Lipinski definition) is 2. The van der Waals surface area contributed by atoms with Crippen molar-refractivity contribution >= 4 is 15.8 Å². The van der Waals surface area contributed by atoms with Crippen molar-refractivity contribution in [2.45, 2.75) is 32.9 Å². The Bertz CT molecular complexity index is 479. The van der Waals surface area contributed by atoms with Crippen LogP contribution in [0.5, 0.6) is 0 Å². The topological polar surface area (TPSA) is 83.0 Å². The van der Waals surface area contributed by atoms with E-state index in [1.807, 2.05) is 0 Å². The summed E-state index contributed by atoms with van der Waals surface area (Å²) >= 11 is 0. The molecule has 1 aliphatic heterocycles. The molecule has 0 radical (unpaired) electrons. The van der Waals surface area contributed by atoms with Crippen molar-refractivity contribution in [3.63, 3.8) is 0 Å². The zero-order valence-electron chi connectivity index (χ0n) is 15.0. The molecule has 1 heterocycles. The van der Waals surface area contributed by atoms with Gasteiger partial charge < -0.3 is 15.4 Å². The van der Waals surface area contributed by atoms with Gasteiger partial charge >= 0.3 is 0 Å². The molecule has 2 N–H and O–H groups in total. The Morgan fingerprint density at radius 2 is 2.04 bits per heavy atom. The molecule has 2 atom stereocenters. The molecule has 0 spiro atoms. The van der Waals surface area contributed by atoms with Gasteiger partial charge in [-0.1, -0.05) is 6.92 Å². The molecule has 1 rings (SSSR count). The molecule has 1 fully saturated rings. The minimum atomic E-state index is -2.95. The van der Waals surface area contributed by atoms with Crippen LogP contribution in [0.25, 0.3) is 0 Å². The molecule has 1 aliphatic rings. The highest BCUT2D eigenvalue weighted by Gasteiger charge is 2.31. The highest BCUT2D eigenvalue weighted by molar-refractivity contribution is 7.90. The first-order valence-electron chi connectivity index (χ1n) is 8.19. The van der Waals surface area contributed by atoms with Crippen LogP contribution in [0.3, 0.4) is 0 Å². The van der Waals surface area contributed by atoms with E-state index in [0.717, 1.165) is 19.0 Å². The fraction of sp³-hybridized carbons (Fsp3) is 0.933. The summed E-state index contributed by atoms with van der Waals surface area (Å²) in [6, 6.07) is 0.942. The van der Waals surface area contributed by atoms with Gasteiger partial charge in [-0.25, -0.2) is 8.42 Å². The van der Waals surface area contributed by atoms with Gasteiger partial charge in [0.15, 0.2) is 5.96 Å². The predicted molar refractivity (Wildman–Crippen MR) is 94.7 cm³/mol. The summed E-state index contributed by atoms with van der Waals surface area (Å²) in [5, 5.41) is 6.67. The molecule has 0 aromatic heterocycles. The third-order valence-corrected chi connectivity index (χ3v) is 4.96. The Kier molecular flexibility index (Phi) is 8.28. The second kappa shape index (κ2) is 9.44. The Morgan fingerprint density at radius 3 is 2.57 bits per heavy atom. The van der Waals surface area contributed by atoms with E-state index in [1.165, 1.54) is 6.26 Å². The fourth-order valence-corrected chi connectivity index (χ4v) is 2.96. The summed E-state index contributed by atoms with van der Waals surface area (Å²) in [7, 11) is -1.20. The maximum absolute atomic E-state index is 11.0. The van der Waals surface area contributed by atoms with Crippen molar-refractivity contribution in [2.24, 2.45) is 10.9 Å². The van der Waals surface area contributed by atoms with Crippen LogP contribution in [0.4, 0.5) is 0 Å². The summed E-state index contributed by atoms with van der Waals surface area (Å²) in [4.78, 5) is 6.70. The van der Waals surface area contributed by atoms with Gasteiger partial charge in [0, 0.05) is 45.0 Å². The average Bonchev–Trinajstić information content (AvgIpc) is 2.81. The van der Waals surface area contributed by atoms with Gasteiger partial charge in [-0.2, -0.15) is 0 Å². The molecule has 1 saturated heterocycles. The lowest BCUT2D eigenvalue weighted by Crippen LogP contribution is -2.47. The Morgan fingerprint density at radius 1 is 1.35 bits per heavy atom. The Labute approximate surface area is 140 Å². The van der Waals surface area contributed by atoms with E-state index < -0.39 is 9.84 Å². The van der Waals surface area contributed by atoms with E-state index in [2.05, 4.69) is 41.3 Å². The summed E-state index contributed by atoms with van der Waals surface area (Å²) in [6.07, 6.45) is 1.21. The van der Waals surface area contributed by atoms with Gasteiger partial charge in [-0.05, 0) is 19.8 Å². The zero-order valence-corrected chi connectivity index (χ0v) is 15.8. The molecule has 0 bridgehead atoms. The van der Waals surface area contributed by atoms with E-state index in [4.69, 9.17) is 4.74 Å². The maximum atomic E-state index is 11.0. The standard InChI is InChI=1S/C15H32N4O3S/c1-12(2)19-10-13(3)14(11-19)18-15(16-4)17-6-7-22-8-9-23(5,20)21/h12-14H,6-11H2,1-5H3,(H2,16,17,18). The van der Waals surface area contributed by atoms with Crippen LogP contribution in [0.15, 0.2) is 4.99 Å². The molecule has 136 valence electrons. The lowest BCUT2D eigenvalue weighted by molar-refractivity contribution is 0.154. The summed E-state index contributed by atoms with van der Waals surface area (Å²) < 4.78 is 27.3. The molecule has 0 amide bonds. The summed E-state index contributed by atoms with van der Waals surface area (Å²) in [5.41, 5.74) is 0. The fourth-order valence-electron chi connectivity index (χ4n) is 2.54. The number of ether oxygens (including phenoxy) is 1. The molecule has 0 aliphatic carbocycles. The minimum Gasteiger partial charge on any atom is -0.379 e. The van der Waals surface area contributed by atoms with Crippen LogP contribution >= 0.6 is 0 Å². The van der Waals surface area contributed by atoms with Gasteiger partial charge in [-0.15, -0.1) is 0 Å². The normalized spacial score (nSPS) is 23.5. The number of guanidine groups is 1. The number of nitrogens with one attached hydrogen (secondary N) is 2. The van der Waals surface area contributed by atoms with E-state index in [0.29, 0.717) is 31.2 Å². The van der Waals surface area contributed by atoms with Gasteiger partial charge in [0.2, 0.25) is 0 Å². The quantitative estimate of drug-likeness (QED) is 0.363. The van der Waals surface area contributed by atoms with Crippen molar-refractivity contribution in [1.29, 1.82) is 0 Å². The number of likely N-dealkylation sites (tertiary alicyclic amines) is 1. The van der Waals surface area contributed by atoms with Gasteiger partial charge in [0.05, 0.1) is 19.0 Å². The summed E-state index contributed by atoms with van der Waals surface area (Å²) in [6.45, 7) is 10.1. The largest absolute Gasteiger partial charge is 0.379 e. The summed E-state index contributed by atoms with van der Waals surface area (Å²) in [5.74, 6) is 1.39. The lowest BCUT2D eigenvalue weighted by Gasteiger charge is -2.21.